The van der Waals surface area contributed by atoms with E-state index in [1.54, 1.807) is 24.5 Å². The van der Waals surface area contributed by atoms with E-state index in [4.69, 9.17) is 16.0 Å². The van der Waals surface area contributed by atoms with Gasteiger partial charge in [-0.1, -0.05) is 0 Å². The number of nitrogens with zero attached hydrogens (tertiary/aromatic N) is 4. The number of hydrogen-bond donors (Lipinski definition) is 1. The molecule has 2 aliphatic rings. The van der Waals surface area contributed by atoms with E-state index in [-0.39, 0.29) is 17.0 Å². The molecule has 7 nitrogen and oxygen atoms in total. The van der Waals surface area contributed by atoms with Gasteiger partial charge in [0.2, 0.25) is 5.28 Å². The van der Waals surface area contributed by atoms with Gasteiger partial charge in [-0.15, -0.1) is 0 Å². The first-order valence-corrected chi connectivity index (χ1v) is 9.52. The van der Waals surface area contributed by atoms with Crippen LogP contribution in [0.3, 0.4) is 0 Å². The second kappa shape index (κ2) is 6.70. The van der Waals surface area contributed by atoms with Crippen LogP contribution in [0, 0.1) is 23.6 Å². The molecule has 0 spiro atoms. The van der Waals surface area contributed by atoms with Gasteiger partial charge in [-0.3, -0.25) is 9.78 Å². The number of pyridine rings is 1. The predicted octanol–water partition coefficient (Wildman–Crippen LogP) is 2.91. The fraction of sp³-hybridized carbons (Fsp3) is 0.368. The van der Waals surface area contributed by atoms with Crippen LogP contribution in [0.2, 0.25) is 5.28 Å². The van der Waals surface area contributed by atoms with E-state index in [2.05, 4.69) is 20.3 Å². The number of nitrogens with one attached hydrogen (secondary N) is 1. The average Bonchev–Trinajstić information content (AvgIpc) is 3.05. The number of amides is 1. The maximum absolute atomic E-state index is 13.9. The molecule has 0 bridgehead atoms. The maximum atomic E-state index is 13.9. The number of carbonyl (C=O) groups excluding carboxylic acids is 1. The van der Waals surface area contributed by atoms with Crippen LogP contribution in [0.15, 0.2) is 35.1 Å². The summed E-state index contributed by atoms with van der Waals surface area (Å²) in [6.07, 6.45) is 5.26. The molecule has 1 saturated heterocycles. The molecule has 5 rings (SSSR count). The summed E-state index contributed by atoms with van der Waals surface area (Å²) in [6.45, 7) is 2.09. The SMILES string of the molecule is O=C(NCCC1[C@H]2CN(c3nc(Cl)ncc3F)C[C@@H]12)c1cc2ccncc2o1. The van der Waals surface area contributed by atoms with E-state index < -0.39 is 5.82 Å². The largest absolute Gasteiger partial charge is 0.449 e. The smallest absolute Gasteiger partial charge is 0.287 e. The molecule has 1 N–H and O–H groups in total. The quantitative estimate of drug-likeness (QED) is 0.662. The number of furan rings is 1. The molecule has 1 saturated carbocycles. The van der Waals surface area contributed by atoms with Gasteiger partial charge in [-0.25, -0.2) is 9.37 Å². The van der Waals surface area contributed by atoms with Gasteiger partial charge in [0, 0.05) is 31.2 Å². The zero-order valence-corrected chi connectivity index (χ0v) is 15.6. The highest BCUT2D eigenvalue weighted by atomic mass is 35.5. The highest BCUT2D eigenvalue weighted by Gasteiger charge is 2.55. The minimum Gasteiger partial charge on any atom is -0.449 e. The summed E-state index contributed by atoms with van der Waals surface area (Å²) < 4.78 is 19.4. The number of aromatic nitrogens is 3. The highest BCUT2D eigenvalue weighted by molar-refractivity contribution is 6.28. The Bertz CT molecular complexity index is 1010. The van der Waals surface area contributed by atoms with Crippen molar-refractivity contribution >= 4 is 34.3 Å². The maximum Gasteiger partial charge on any atom is 0.287 e. The van der Waals surface area contributed by atoms with E-state index in [0.717, 1.165) is 31.1 Å². The summed E-state index contributed by atoms with van der Waals surface area (Å²) >= 11 is 5.78. The van der Waals surface area contributed by atoms with Crippen molar-refractivity contribution in [3.05, 3.63) is 47.6 Å². The molecule has 3 aromatic heterocycles. The summed E-state index contributed by atoms with van der Waals surface area (Å²) in [5.74, 6) is 1.44. The number of anilines is 1. The topological polar surface area (TPSA) is 84.2 Å². The van der Waals surface area contributed by atoms with Crippen LogP contribution in [0.5, 0.6) is 0 Å². The first-order valence-electron chi connectivity index (χ1n) is 9.15. The number of piperidine rings is 1. The summed E-state index contributed by atoms with van der Waals surface area (Å²) in [4.78, 5) is 25.8. The van der Waals surface area contributed by atoms with E-state index >= 15 is 0 Å². The molecule has 4 heterocycles. The zero-order valence-electron chi connectivity index (χ0n) is 14.8. The van der Waals surface area contributed by atoms with Gasteiger partial charge < -0.3 is 14.6 Å². The number of rotatable bonds is 5. The summed E-state index contributed by atoms with van der Waals surface area (Å²) in [7, 11) is 0. The Morgan fingerprint density at radius 2 is 2.18 bits per heavy atom. The van der Waals surface area contributed by atoms with Gasteiger partial charge >= 0.3 is 0 Å². The van der Waals surface area contributed by atoms with E-state index in [0.29, 0.717) is 35.6 Å². The molecular formula is C19H17ClFN5O2. The van der Waals surface area contributed by atoms with Gasteiger partial charge in [-0.05, 0) is 47.9 Å². The van der Waals surface area contributed by atoms with Gasteiger partial charge in [0.05, 0.1) is 12.4 Å². The molecule has 3 atom stereocenters. The van der Waals surface area contributed by atoms with Crippen LogP contribution >= 0.6 is 11.6 Å². The summed E-state index contributed by atoms with van der Waals surface area (Å²) in [6, 6.07) is 3.53. The highest BCUT2D eigenvalue weighted by Crippen LogP contribution is 2.54. The van der Waals surface area contributed by atoms with Crippen LogP contribution in [-0.2, 0) is 0 Å². The zero-order chi connectivity index (χ0) is 19.3. The van der Waals surface area contributed by atoms with Crippen molar-refractivity contribution in [3.8, 4) is 0 Å². The lowest BCUT2D eigenvalue weighted by molar-refractivity contribution is 0.0926. The molecule has 1 unspecified atom stereocenters. The van der Waals surface area contributed by atoms with Crippen molar-refractivity contribution in [2.24, 2.45) is 17.8 Å². The number of hydrogen-bond acceptors (Lipinski definition) is 6. The van der Waals surface area contributed by atoms with Crippen LogP contribution < -0.4 is 10.2 Å². The van der Waals surface area contributed by atoms with Crippen LogP contribution in [0.4, 0.5) is 10.2 Å². The Balaban J connectivity index is 1.12. The van der Waals surface area contributed by atoms with Crippen molar-refractivity contribution in [2.75, 3.05) is 24.5 Å². The first kappa shape index (κ1) is 17.4. The molecule has 9 heteroatoms. The van der Waals surface area contributed by atoms with Crippen molar-refractivity contribution in [1.82, 2.24) is 20.3 Å². The molecule has 28 heavy (non-hydrogen) atoms. The monoisotopic (exact) mass is 401 g/mol. The molecule has 2 fully saturated rings. The molecule has 1 aliphatic heterocycles. The number of halogens is 2. The van der Waals surface area contributed by atoms with Crippen LogP contribution in [0.1, 0.15) is 17.0 Å². The Morgan fingerprint density at radius 3 is 2.96 bits per heavy atom. The number of carbonyl (C=O) groups is 1. The first-order chi connectivity index (χ1) is 13.6. The standard InChI is InChI=1S/C19H17ClFN5O2/c20-19-24-6-14(21)17(25-19)26-8-12-11(13(12)9-26)2-4-23-18(27)15-5-10-1-3-22-7-16(10)28-15/h1,3,5-7,11-13H,2,4,8-9H2,(H,23,27)/t11?,12-,13+. The Kier molecular flexibility index (Phi) is 4.16. The summed E-state index contributed by atoms with van der Waals surface area (Å²) in [5.41, 5.74) is 0.599. The van der Waals surface area contributed by atoms with E-state index in [1.807, 2.05) is 4.90 Å². The second-order valence-electron chi connectivity index (χ2n) is 7.28. The minimum absolute atomic E-state index is 0.0533. The van der Waals surface area contributed by atoms with Gasteiger partial charge in [-0.2, -0.15) is 4.98 Å². The number of fused-ring (bicyclic) bond motifs is 2. The third kappa shape index (κ3) is 3.07. The molecule has 0 radical (unpaired) electrons. The lowest BCUT2D eigenvalue weighted by Crippen LogP contribution is -2.28. The lowest BCUT2D eigenvalue weighted by atomic mass is 10.2. The molecule has 1 aliphatic carbocycles. The Hall–Kier alpha value is -2.74. The fourth-order valence-electron chi connectivity index (χ4n) is 4.25. The minimum atomic E-state index is -0.449. The molecule has 1 amide bonds. The molecular weight excluding hydrogens is 385 g/mol. The lowest BCUT2D eigenvalue weighted by Gasteiger charge is -2.21. The van der Waals surface area contributed by atoms with Crippen LogP contribution in [0.25, 0.3) is 11.0 Å². The second-order valence-corrected chi connectivity index (χ2v) is 7.61. The predicted molar refractivity (Wildman–Crippen MR) is 101 cm³/mol. The Morgan fingerprint density at radius 1 is 1.36 bits per heavy atom. The van der Waals surface area contributed by atoms with E-state index in [1.165, 1.54) is 0 Å². The van der Waals surface area contributed by atoms with Crippen molar-refractivity contribution in [3.63, 3.8) is 0 Å². The normalized spacial score (nSPS) is 23.1. The Labute approximate surface area is 164 Å². The van der Waals surface area contributed by atoms with Gasteiger partial charge in [0.1, 0.15) is 0 Å². The van der Waals surface area contributed by atoms with Crippen molar-refractivity contribution in [1.29, 1.82) is 0 Å². The van der Waals surface area contributed by atoms with Crippen LogP contribution in [-0.4, -0.2) is 40.5 Å². The third-order valence-corrected chi connectivity index (χ3v) is 5.86. The summed E-state index contributed by atoms with van der Waals surface area (Å²) in [5, 5.41) is 3.82. The molecule has 3 aromatic rings. The fourth-order valence-corrected chi connectivity index (χ4v) is 4.37. The van der Waals surface area contributed by atoms with Crippen molar-refractivity contribution < 1.29 is 13.6 Å². The van der Waals surface area contributed by atoms with E-state index in [9.17, 15) is 9.18 Å². The van der Waals surface area contributed by atoms with Crippen molar-refractivity contribution in [2.45, 2.75) is 6.42 Å². The third-order valence-electron chi connectivity index (χ3n) is 5.68. The molecule has 0 aromatic carbocycles. The van der Waals surface area contributed by atoms with Gasteiger partial charge in [0.15, 0.2) is 23.0 Å². The average molecular weight is 402 g/mol. The molecule has 144 valence electrons. The van der Waals surface area contributed by atoms with Gasteiger partial charge in [0.25, 0.3) is 5.91 Å².